The van der Waals surface area contributed by atoms with Crippen molar-refractivity contribution in [3.8, 4) is 0 Å². The summed E-state index contributed by atoms with van der Waals surface area (Å²) in [5.41, 5.74) is 5.10. The van der Waals surface area contributed by atoms with E-state index in [9.17, 15) is 18.0 Å². The Hall–Kier alpha value is -2.45. The van der Waals surface area contributed by atoms with Gasteiger partial charge in [0.25, 0.3) is 0 Å². The fourth-order valence-corrected chi connectivity index (χ4v) is 2.50. The number of nitrogens with one attached hydrogen (secondary N) is 1. The Morgan fingerprint density at radius 3 is 2.35 bits per heavy atom. The summed E-state index contributed by atoms with van der Waals surface area (Å²) in [6.45, 7) is 6.41. The van der Waals surface area contributed by atoms with Crippen molar-refractivity contribution in [2.45, 2.75) is 45.4 Å². The van der Waals surface area contributed by atoms with Crippen molar-refractivity contribution in [1.82, 2.24) is 9.97 Å². The third-order valence-electron chi connectivity index (χ3n) is 3.64. The molecule has 6 nitrogen and oxygen atoms in total. The number of piperidine rings is 1. The second-order valence-electron chi connectivity index (χ2n) is 7.04. The predicted octanol–water partition coefficient (Wildman–Crippen LogP) is 3.66. The number of alkyl halides is 1. The number of primary amides is 1. The van der Waals surface area contributed by atoms with Crippen LogP contribution in [0.1, 0.15) is 33.6 Å². The Morgan fingerprint density at radius 1 is 1.27 bits per heavy atom. The molecule has 0 bridgehead atoms. The molecule has 0 unspecified atom stereocenters. The number of hydrogen-bond acceptors (Lipinski definition) is 4. The molecule has 1 saturated heterocycles. The maximum absolute atomic E-state index is 13.1. The van der Waals surface area contributed by atoms with Crippen LogP contribution in [0.3, 0.4) is 0 Å². The van der Waals surface area contributed by atoms with Gasteiger partial charge in [-0.2, -0.15) is 0 Å². The molecule has 3 N–H and O–H groups in total. The van der Waals surface area contributed by atoms with Gasteiger partial charge in [-0.05, 0) is 33.6 Å². The molecule has 1 amide bonds. The van der Waals surface area contributed by atoms with Gasteiger partial charge in [0.2, 0.25) is 5.95 Å². The van der Waals surface area contributed by atoms with Gasteiger partial charge in [-0.15, -0.1) is 0 Å². The summed E-state index contributed by atoms with van der Waals surface area (Å²) in [6.07, 6.45) is -0.572. The zero-order chi connectivity index (χ0) is 19.5. The molecule has 144 valence electrons. The van der Waals surface area contributed by atoms with Crippen molar-refractivity contribution in [1.29, 1.82) is 0 Å². The molecule has 3 rings (SSSR count). The number of aromatic amines is 1. The zero-order valence-corrected chi connectivity index (χ0v) is 15.0. The number of amides is 1. The lowest BCUT2D eigenvalue weighted by Gasteiger charge is -2.28. The lowest BCUT2D eigenvalue weighted by atomic mass is 10.1. The molecule has 1 aliphatic heterocycles. The molecule has 0 saturated carbocycles. The molecule has 1 aliphatic rings. The van der Waals surface area contributed by atoms with E-state index >= 15 is 0 Å². The number of imidazole rings is 1. The second kappa shape index (κ2) is 7.84. The Balaban J connectivity index is 0.000000260. The van der Waals surface area contributed by atoms with E-state index in [-0.39, 0.29) is 0 Å². The monoisotopic (exact) mass is 372 g/mol. The highest BCUT2D eigenvalue weighted by Gasteiger charge is 2.21. The predicted molar refractivity (Wildman–Crippen MR) is 92.8 cm³/mol. The number of H-pyrrole nitrogens is 1. The highest BCUT2D eigenvalue weighted by molar-refractivity contribution is 5.77. The average molecular weight is 372 g/mol. The highest BCUT2D eigenvalue weighted by atomic mass is 19.2. The van der Waals surface area contributed by atoms with Crippen molar-refractivity contribution < 1.29 is 22.7 Å². The van der Waals surface area contributed by atoms with Crippen LogP contribution < -0.4 is 10.6 Å². The molecule has 0 radical (unpaired) electrons. The molecular weight excluding hydrogens is 349 g/mol. The molecule has 1 aromatic carbocycles. The van der Waals surface area contributed by atoms with E-state index in [1.165, 1.54) is 0 Å². The normalized spacial score (nSPS) is 15.5. The minimum absolute atomic E-state index is 0.381. The molecule has 9 heteroatoms. The summed E-state index contributed by atoms with van der Waals surface area (Å²) in [5, 5.41) is 0. The number of nitrogens with zero attached hydrogens (tertiary/aromatic N) is 2. The summed E-state index contributed by atoms with van der Waals surface area (Å²) < 4.78 is 43.7. The van der Waals surface area contributed by atoms with Crippen LogP contribution in [0, 0.1) is 11.6 Å². The number of halogens is 3. The first-order chi connectivity index (χ1) is 12.0. The number of fused-ring (bicyclic) bond motifs is 1. The van der Waals surface area contributed by atoms with E-state index in [0.29, 0.717) is 42.9 Å². The number of hydrogen-bond donors (Lipinski definition) is 2. The lowest BCUT2D eigenvalue weighted by molar-refractivity contribution is 0.0600. The van der Waals surface area contributed by atoms with Gasteiger partial charge in [0.1, 0.15) is 11.8 Å². The highest BCUT2D eigenvalue weighted by Crippen LogP contribution is 2.23. The summed E-state index contributed by atoms with van der Waals surface area (Å²) in [6, 6.07) is 2.15. The summed E-state index contributed by atoms with van der Waals surface area (Å²) in [5.74, 6) is -1.27. The SMILES string of the molecule is CC(C)(C)OC(N)=O.Fc1cc2nc(N3CCC(F)CC3)[nH]c2cc1F. The van der Waals surface area contributed by atoms with Crippen molar-refractivity contribution in [3.05, 3.63) is 23.8 Å². The van der Waals surface area contributed by atoms with Crippen LogP contribution in [-0.2, 0) is 4.74 Å². The molecule has 1 fully saturated rings. The van der Waals surface area contributed by atoms with Crippen LogP contribution in [0.4, 0.5) is 23.9 Å². The van der Waals surface area contributed by atoms with Gasteiger partial charge < -0.3 is 20.4 Å². The molecule has 2 aromatic rings. The zero-order valence-electron chi connectivity index (χ0n) is 15.0. The molecule has 2 heterocycles. The number of nitrogens with two attached hydrogens (primary N) is 1. The van der Waals surface area contributed by atoms with E-state index in [1.54, 1.807) is 20.8 Å². The number of aromatic nitrogens is 2. The third-order valence-corrected chi connectivity index (χ3v) is 3.64. The maximum Gasteiger partial charge on any atom is 0.405 e. The van der Waals surface area contributed by atoms with E-state index in [0.717, 1.165) is 12.1 Å². The molecule has 0 aliphatic carbocycles. The van der Waals surface area contributed by atoms with Gasteiger partial charge in [0.15, 0.2) is 11.6 Å². The topological polar surface area (TPSA) is 84.2 Å². The summed E-state index contributed by atoms with van der Waals surface area (Å²) in [4.78, 5) is 19.0. The average Bonchev–Trinajstić information content (AvgIpc) is 2.89. The fourth-order valence-electron chi connectivity index (χ4n) is 2.50. The number of ether oxygens (including phenoxy) is 1. The van der Waals surface area contributed by atoms with E-state index in [1.807, 2.05) is 4.90 Å². The van der Waals surface area contributed by atoms with Gasteiger partial charge in [-0.3, -0.25) is 0 Å². The first-order valence-electron chi connectivity index (χ1n) is 8.27. The van der Waals surface area contributed by atoms with Gasteiger partial charge >= 0.3 is 6.09 Å². The molecule has 0 spiro atoms. The van der Waals surface area contributed by atoms with Crippen LogP contribution >= 0.6 is 0 Å². The quantitative estimate of drug-likeness (QED) is 0.800. The third kappa shape index (κ3) is 5.53. The Bertz CT molecular complexity index is 726. The van der Waals surface area contributed by atoms with E-state index in [2.05, 4.69) is 14.7 Å². The number of carbonyl (C=O) groups excluding carboxylic acids is 1. The van der Waals surface area contributed by atoms with Crippen molar-refractivity contribution in [3.63, 3.8) is 0 Å². The fraction of sp³-hybridized carbons (Fsp3) is 0.529. The summed E-state index contributed by atoms with van der Waals surface area (Å²) in [7, 11) is 0. The van der Waals surface area contributed by atoms with Crippen LogP contribution in [0.15, 0.2) is 12.1 Å². The Kier molecular flexibility index (Phi) is 5.99. The van der Waals surface area contributed by atoms with Gasteiger partial charge in [-0.25, -0.2) is 22.9 Å². The molecular formula is C17H23F3N4O2. The van der Waals surface area contributed by atoms with Crippen molar-refractivity contribution in [2.24, 2.45) is 5.73 Å². The Morgan fingerprint density at radius 2 is 1.85 bits per heavy atom. The minimum Gasteiger partial charge on any atom is -0.444 e. The molecule has 26 heavy (non-hydrogen) atoms. The van der Waals surface area contributed by atoms with E-state index in [4.69, 9.17) is 5.73 Å². The minimum atomic E-state index is -0.914. The first kappa shape index (κ1) is 19.9. The first-order valence-corrected chi connectivity index (χ1v) is 8.27. The van der Waals surface area contributed by atoms with Crippen LogP contribution in [0.2, 0.25) is 0 Å². The largest absolute Gasteiger partial charge is 0.444 e. The van der Waals surface area contributed by atoms with Crippen molar-refractivity contribution >= 4 is 23.1 Å². The van der Waals surface area contributed by atoms with Crippen LogP contribution in [-0.4, -0.2) is 40.9 Å². The lowest BCUT2D eigenvalue weighted by Crippen LogP contribution is -2.34. The van der Waals surface area contributed by atoms with Gasteiger partial charge in [0.05, 0.1) is 11.0 Å². The van der Waals surface area contributed by atoms with Crippen LogP contribution in [0.5, 0.6) is 0 Å². The second-order valence-corrected chi connectivity index (χ2v) is 7.04. The summed E-state index contributed by atoms with van der Waals surface area (Å²) >= 11 is 0. The Labute approximate surface area is 149 Å². The molecule has 0 atom stereocenters. The van der Waals surface area contributed by atoms with Crippen molar-refractivity contribution in [2.75, 3.05) is 18.0 Å². The smallest absolute Gasteiger partial charge is 0.405 e. The van der Waals surface area contributed by atoms with Crippen LogP contribution in [0.25, 0.3) is 11.0 Å². The number of benzene rings is 1. The van der Waals surface area contributed by atoms with Gasteiger partial charge in [-0.1, -0.05) is 0 Å². The maximum atomic E-state index is 13.1. The molecule has 1 aromatic heterocycles. The van der Waals surface area contributed by atoms with E-state index < -0.39 is 29.5 Å². The number of carbonyl (C=O) groups is 1. The number of anilines is 1. The standard InChI is InChI=1S/C12H12F3N3.C5H11NO2/c13-7-1-3-18(4-2-7)12-16-10-5-8(14)9(15)6-11(10)17-12;1-5(2,3)8-4(6)7/h5-7H,1-4H2,(H,16,17);1-3H3,(H2,6,7). The number of rotatable bonds is 1. The van der Waals surface area contributed by atoms with Gasteiger partial charge in [0, 0.05) is 25.2 Å².